The number of ether oxygens (including phenoxy) is 1. The van der Waals surface area contributed by atoms with Crippen molar-refractivity contribution in [2.45, 2.75) is 45.6 Å². The van der Waals surface area contributed by atoms with Crippen LogP contribution in [-0.4, -0.2) is 30.6 Å². The maximum absolute atomic E-state index is 6.13. The van der Waals surface area contributed by atoms with E-state index in [-0.39, 0.29) is 24.0 Å². The fourth-order valence-corrected chi connectivity index (χ4v) is 2.53. The molecule has 0 bridgehead atoms. The Morgan fingerprint density at radius 3 is 2.64 bits per heavy atom. The minimum absolute atomic E-state index is 0. The summed E-state index contributed by atoms with van der Waals surface area (Å²) in [7, 11) is 0. The van der Waals surface area contributed by atoms with E-state index in [0.717, 1.165) is 37.4 Å². The van der Waals surface area contributed by atoms with Gasteiger partial charge in [-0.15, -0.1) is 24.0 Å². The molecule has 22 heavy (non-hydrogen) atoms. The van der Waals surface area contributed by atoms with Crippen molar-refractivity contribution in [2.75, 3.05) is 19.7 Å². The van der Waals surface area contributed by atoms with Crippen LogP contribution in [0.25, 0.3) is 0 Å². The predicted octanol–water partition coefficient (Wildman–Crippen LogP) is 3.78. The molecule has 0 saturated carbocycles. The fourth-order valence-electron chi connectivity index (χ4n) is 2.53. The Kier molecular flexibility index (Phi) is 9.27. The lowest BCUT2D eigenvalue weighted by molar-refractivity contribution is 0.317. The Balaban J connectivity index is 0.00000242. The van der Waals surface area contributed by atoms with Gasteiger partial charge in [0.25, 0.3) is 0 Å². The Bertz CT molecular complexity index is 457. The normalized spacial score (nSPS) is 15.9. The molecule has 4 nitrogen and oxygen atoms in total. The highest BCUT2D eigenvalue weighted by Gasteiger charge is 2.10. The lowest BCUT2D eigenvalue weighted by Crippen LogP contribution is -2.38. The molecule has 0 amide bonds. The largest absolute Gasteiger partial charge is 0.494 e. The quantitative estimate of drug-likeness (QED) is 0.451. The zero-order valence-electron chi connectivity index (χ0n) is 13.5. The second kappa shape index (κ2) is 10.7. The average Bonchev–Trinajstić information content (AvgIpc) is 2.80. The van der Waals surface area contributed by atoms with Crippen LogP contribution in [0.5, 0.6) is 5.75 Å². The number of aliphatic imine (C=N–C) groups is 1. The number of likely N-dealkylation sites (tertiary alicyclic amines) is 1. The molecule has 1 aliphatic rings. The van der Waals surface area contributed by atoms with Crippen molar-refractivity contribution in [3.8, 4) is 5.75 Å². The molecule has 2 N–H and O–H groups in total. The van der Waals surface area contributed by atoms with Crippen LogP contribution in [0.4, 0.5) is 0 Å². The van der Waals surface area contributed by atoms with Gasteiger partial charge in [-0.05, 0) is 37.0 Å². The summed E-state index contributed by atoms with van der Waals surface area (Å²) in [4.78, 5) is 6.76. The van der Waals surface area contributed by atoms with E-state index in [1.807, 2.05) is 12.1 Å². The first-order valence-corrected chi connectivity index (χ1v) is 8.06. The highest BCUT2D eigenvalue weighted by atomic mass is 127. The molecule has 0 atom stereocenters. The Morgan fingerprint density at radius 1 is 1.23 bits per heavy atom. The lowest BCUT2D eigenvalue weighted by atomic mass is 10.2. The summed E-state index contributed by atoms with van der Waals surface area (Å²) in [6, 6.07) is 8.12. The Morgan fingerprint density at radius 2 is 1.95 bits per heavy atom. The highest BCUT2D eigenvalue weighted by molar-refractivity contribution is 14.0. The molecule has 1 saturated heterocycles. The minimum Gasteiger partial charge on any atom is -0.494 e. The number of hydrogen-bond donors (Lipinski definition) is 1. The SMILES string of the molecule is CCCOc1cccc(CN=C(N)N2CCCCCC2)c1.I. The summed E-state index contributed by atoms with van der Waals surface area (Å²) in [6.45, 7) is 5.55. The van der Waals surface area contributed by atoms with Gasteiger partial charge in [0.1, 0.15) is 5.75 Å². The zero-order chi connectivity index (χ0) is 14.9. The van der Waals surface area contributed by atoms with Crippen LogP contribution in [0.15, 0.2) is 29.3 Å². The van der Waals surface area contributed by atoms with Gasteiger partial charge in [-0.2, -0.15) is 0 Å². The molecule has 0 radical (unpaired) electrons. The van der Waals surface area contributed by atoms with Crippen molar-refractivity contribution in [1.29, 1.82) is 0 Å². The van der Waals surface area contributed by atoms with E-state index < -0.39 is 0 Å². The van der Waals surface area contributed by atoms with Crippen LogP contribution >= 0.6 is 24.0 Å². The third kappa shape index (κ3) is 6.42. The number of guanidine groups is 1. The summed E-state index contributed by atoms with van der Waals surface area (Å²) in [6.07, 6.45) is 6.07. The first kappa shape index (κ1) is 19.1. The molecular formula is C17H28IN3O. The van der Waals surface area contributed by atoms with E-state index in [1.54, 1.807) is 0 Å². The third-order valence-electron chi connectivity index (χ3n) is 3.72. The number of nitrogens with zero attached hydrogens (tertiary/aromatic N) is 2. The number of halogens is 1. The Labute approximate surface area is 151 Å². The highest BCUT2D eigenvalue weighted by Crippen LogP contribution is 2.15. The molecule has 0 aromatic heterocycles. The van der Waals surface area contributed by atoms with E-state index in [9.17, 15) is 0 Å². The standard InChI is InChI=1S/C17H27N3O.HI/c1-2-12-21-16-9-7-8-15(13-16)14-19-17(18)20-10-5-3-4-6-11-20;/h7-9,13H,2-6,10-12,14H2,1H3,(H2,18,19);1H. The summed E-state index contributed by atoms with van der Waals surface area (Å²) in [5.74, 6) is 1.59. The number of hydrogen-bond acceptors (Lipinski definition) is 2. The molecule has 2 rings (SSSR count). The van der Waals surface area contributed by atoms with Gasteiger partial charge < -0.3 is 15.4 Å². The minimum atomic E-state index is 0. The van der Waals surface area contributed by atoms with Crippen LogP contribution in [0.1, 0.15) is 44.6 Å². The van der Waals surface area contributed by atoms with Crippen LogP contribution in [0, 0.1) is 0 Å². The molecule has 1 aliphatic heterocycles. The molecule has 1 aromatic rings. The fraction of sp³-hybridized carbons (Fsp3) is 0.588. The molecule has 1 aromatic carbocycles. The van der Waals surface area contributed by atoms with Gasteiger partial charge >= 0.3 is 0 Å². The number of rotatable bonds is 5. The van der Waals surface area contributed by atoms with Gasteiger partial charge in [-0.1, -0.05) is 31.9 Å². The maximum atomic E-state index is 6.13. The van der Waals surface area contributed by atoms with Crippen LogP contribution in [-0.2, 0) is 6.54 Å². The number of nitrogens with two attached hydrogens (primary N) is 1. The summed E-state index contributed by atoms with van der Waals surface area (Å²) in [5, 5.41) is 0. The topological polar surface area (TPSA) is 50.9 Å². The summed E-state index contributed by atoms with van der Waals surface area (Å²) in [5.41, 5.74) is 7.27. The predicted molar refractivity (Wildman–Crippen MR) is 103 cm³/mol. The van der Waals surface area contributed by atoms with E-state index in [0.29, 0.717) is 12.5 Å². The van der Waals surface area contributed by atoms with Crippen molar-refractivity contribution in [1.82, 2.24) is 4.90 Å². The summed E-state index contributed by atoms with van der Waals surface area (Å²) >= 11 is 0. The monoisotopic (exact) mass is 417 g/mol. The third-order valence-corrected chi connectivity index (χ3v) is 3.72. The van der Waals surface area contributed by atoms with Gasteiger partial charge in [-0.3, -0.25) is 0 Å². The van der Waals surface area contributed by atoms with E-state index >= 15 is 0 Å². The van der Waals surface area contributed by atoms with Gasteiger partial charge in [0.2, 0.25) is 0 Å². The molecule has 1 fully saturated rings. The van der Waals surface area contributed by atoms with Crippen LogP contribution in [0.3, 0.4) is 0 Å². The van der Waals surface area contributed by atoms with Crippen LogP contribution < -0.4 is 10.5 Å². The van der Waals surface area contributed by atoms with Gasteiger partial charge in [-0.25, -0.2) is 4.99 Å². The van der Waals surface area contributed by atoms with Crippen molar-refractivity contribution in [2.24, 2.45) is 10.7 Å². The smallest absolute Gasteiger partial charge is 0.191 e. The summed E-state index contributed by atoms with van der Waals surface area (Å²) < 4.78 is 5.65. The van der Waals surface area contributed by atoms with Crippen molar-refractivity contribution in [3.63, 3.8) is 0 Å². The maximum Gasteiger partial charge on any atom is 0.191 e. The molecule has 124 valence electrons. The van der Waals surface area contributed by atoms with E-state index in [2.05, 4.69) is 28.9 Å². The van der Waals surface area contributed by atoms with E-state index in [4.69, 9.17) is 10.5 Å². The molecule has 1 heterocycles. The second-order valence-corrected chi connectivity index (χ2v) is 5.57. The first-order chi connectivity index (χ1) is 10.3. The first-order valence-electron chi connectivity index (χ1n) is 8.06. The van der Waals surface area contributed by atoms with Gasteiger partial charge in [0.15, 0.2) is 5.96 Å². The lowest BCUT2D eigenvalue weighted by Gasteiger charge is -2.21. The number of benzene rings is 1. The molecular weight excluding hydrogens is 389 g/mol. The van der Waals surface area contributed by atoms with Gasteiger partial charge in [0.05, 0.1) is 13.2 Å². The van der Waals surface area contributed by atoms with E-state index in [1.165, 1.54) is 25.7 Å². The zero-order valence-corrected chi connectivity index (χ0v) is 15.8. The van der Waals surface area contributed by atoms with Crippen molar-refractivity contribution in [3.05, 3.63) is 29.8 Å². The van der Waals surface area contributed by atoms with Gasteiger partial charge in [0, 0.05) is 13.1 Å². The molecule has 0 unspecified atom stereocenters. The molecule has 0 aliphatic carbocycles. The molecule has 5 heteroatoms. The average molecular weight is 417 g/mol. The van der Waals surface area contributed by atoms with Crippen molar-refractivity contribution >= 4 is 29.9 Å². The van der Waals surface area contributed by atoms with Crippen LogP contribution in [0.2, 0.25) is 0 Å². The second-order valence-electron chi connectivity index (χ2n) is 5.57. The van der Waals surface area contributed by atoms with Crippen molar-refractivity contribution < 1.29 is 4.74 Å². The molecule has 0 spiro atoms. The Hall–Kier alpha value is -0.980.